The number of nitrogens with two attached hydrogens (primary N) is 1. The summed E-state index contributed by atoms with van der Waals surface area (Å²) >= 11 is 0. The maximum Gasteiger partial charge on any atom is 0.222 e. The van der Waals surface area contributed by atoms with Crippen LogP contribution >= 0.6 is 0 Å². The third-order valence-electron chi connectivity index (χ3n) is 4.24. The molecule has 112 valence electrons. The zero-order valence-corrected chi connectivity index (χ0v) is 13.4. The standard InChI is InChI=1S/C16H27N3O/c1-10(2)14-18-13(17)11(3)15(19-14)20-12-6-8-16(4,5)9-7-12/h10,12H,6-9H2,1-5H3,(H2,17,18,19). The highest BCUT2D eigenvalue weighted by molar-refractivity contribution is 5.44. The molecule has 0 aromatic carbocycles. The SMILES string of the molecule is Cc1c(N)nc(C(C)C)nc1OC1CCC(C)(C)CC1. The number of rotatable bonds is 3. The molecule has 0 spiro atoms. The van der Waals surface area contributed by atoms with E-state index in [1.54, 1.807) is 0 Å². The van der Waals surface area contributed by atoms with Gasteiger partial charge in [0.2, 0.25) is 5.88 Å². The van der Waals surface area contributed by atoms with Gasteiger partial charge in [-0.3, -0.25) is 0 Å². The summed E-state index contributed by atoms with van der Waals surface area (Å²) in [5.41, 5.74) is 7.28. The maximum absolute atomic E-state index is 6.12. The highest BCUT2D eigenvalue weighted by atomic mass is 16.5. The maximum atomic E-state index is 6.12. The van der Waals surface area contributed by atoms with Gasteiger partial charge in [0.1, 0.15) is 17.7 Å². The molecule has 2 rings (SSSR count). The third-order valence-corrected chi connectivity index (χ3v) is 4.24. The van der Waals surface area contributed by atoms with Gasteiger partial charge in [-0.25, -0.2) is 4.98 Å². The molecule has 2 N–H and O–H groups in total. The molecule has 0 atom stereocenters. The molecule has 4 nitrogen and oxygen atoms in total. The van der Waals surface area contributed by atoms with Crippen LogP contribution in [-0.4, -0.2) is 16.1 Å². The lowest BCUT2D eigenvalue weighted by Crippen LogP contribution is -2.29. The Morgan fingerprint density at radius 1 is 1.20 bits per heavy atom. The van der Waals surface area contributed by atoms with Gasteiger partial charge in [0.05, 0.1) is 5.56 Å². The van der Waals surface area contributed by atoms with Crippen LogP contribution in [0.5, 0.6) is 5.88 Å². The van der Waals surface area contributed by atoms with Crippen molar-refractivity contribution < 1.29 is 4.74 Å². The Bertz CT molecular complexity index is 473. The summed E-state index contributed by atoms with van der Waals surface area (Å²) in [5, 5.41) is 0. The lowest BCUT2D eigenvalue weighted by atomic mass is 9.76. The molecule has 1 aliphatic carbocycles. The fraction of sp³-hybridized carbons (Fsp3) is 0.750. The molecule has 0 saturated heterocycles. The Hall–Kier alpha value is -1.32. The molecule has 1 aromatic heterocycles. The number of nitrogen functional groups attached to an aromatic ring is 1. The molecule has 4 heteroatoms. The molecular weight excluding hydrogens is 250 g/mol. The van der Waals surface area contributed by atoms with Gasteiger partial charge in [0.15, 0.2) is 0 Å². The van der Waals surface area contributed by atoms with Crippen molar-refractivity contribution in [2.24, 2.45) is 5.41 Å². The molecule has 0 bridgehead atoms. The molecule has 0 unspecified atom stereocenters. The predicted molar refractivity (Wildman–Crippen MR) is 81.9 cm³/mol. The van der Waals surface area contributed by atoms with Crippen molar-refractivity contribution in [3.05, 3.63) is 11.4 Å². The van der Waals surface area contributed by atoms with Gasteiger partial charge in [-0.05, 0) is 38.0 Å². The van der Waals surface area contributed by atoms with E-state index in [-0.39, 0.29) is 12.0 Å². The second-order valence-corrected chi connectivity index (χ2v) is 7.03. The number of hydrogen-bond donors (Lipinski definition) is 1. The lowest BCUT2D eigenvalue weighted by molar-refractivity contribution is 0.0939. The fourth-order valence-electron chi connectivity index (χ4n) is 2.55. The lowest BCUT2D eigenvalue weighted by Gasteiger charge is -2.34. The van der Waals surface area contributed by atoms with Crippen LogP contribution < -0.4 is 10.5 Å². The van der Waals surface area contributed by atoms with Crippen molar-refractivity contribution in [1.82, 2.24) is 9.97 Å². The quantitative estimate of drug-likeness (QED) is 0.912. The van der Waals surface area contributed by atoms with E-state index in [9.17, 15) is 0 Å². The topological polar surface area (TPSA) is 61.0 Å². The van der Waals surface area contributed by atoms with E-state index >= 15 is 0 Å². The van der Waals surface area contributed by atoms with E-state index in [0.29, 0.717) is 17.1 Å². The predicted octanol–water partition coefficient (Wildman–Crippen LogP) is 3.84. The third kappa shape index (κ3) is 3.41. The first-order valence-corrected chi connectivity index (χ1v) is 7.59. The first kappa shape index (κ1) is 15.1. The van der Waals surface area contributed by atoms with Gasteiger partial charge in [-0.15, -0.1) is 0 Å². The minimum atomic E-state index is 0.255. The molecule has 20 heavy (non-hydrogen) atoms. The van der Waals surface area contributed by atoms with Gasteiger partial charge < -0.3 is 10.5 Å². The van der Waals surface area contributed by atoms with E-state index in [1.807, 2.05) is 6.92 Å². The number of aromatic nitrogens is 2. The molecule has 1 heterocycles. The smallest absolute Gasteiger partial charge is 0.222 e. The normalized spacial score (nSPS) is 19.3. The molecule has 1 aromatic rings. The average Bonchev–Trinajstić information content (AvgIpc) is 2.36. The van der Waals surface area contributed by atoms with E-state index in [4.69, 9.17) is 10.5 Å². The minimum absolute atomic E-state index is 0.255. The van der Waals surface area contributed by atoms with Crippen LogP contribution in [0.3, 0.4) is 0 Å². The van der Waals surface area contributed by atoms with Crippen LogP contribution in [0.4, 0.5) is 5.82 Å². The van der Waals surface area contributed by atoms with E-state index in [1.165, 1.54) is 12.8 Å². The molecule has 1 aliphatic rings. The van der Waals surface area contributed by atoms with Crippen LogP contribution in [0.2, 0.25) is 0 Å². The van der Waals surface area contributed by atoms with Crippen LogP contribution in [-0.2, 0) is 0 Å². The van der Waals surface area contributed by atoms with E-state index < -0.39 is 0 Å². The van der Waals surface area contributed by atoms with Crippen LogP contribution in [0.25, 0.3) is 0 Å². The summed E-state index contributed by atoms with van der Waals surface area (Å²) in [6, 6.07) is 0. The average molecular weight is 277 g/mol. The first-order valence-electron chi connectivity index (χ1n) is 7.59. The van der Waals surface area contributed by atoms with Crippen LogP contribution in [0.15, 0.2) is 0 Å². The number of anilines is 1. The van der Waals surface area contributed by atoms with Crippen molar-refractivity contribution in [3.8, 4) is 5.88 Å². The molecule has 0 aliphatic heterocycles. The first-order chi connectivity index (χ1) is 9.28. The Labute approximate surface area is 122 Å². The fourth-order valence-corrected chi connectivity index (χ4v) is 2.55. The summed E-state index contributed by atoms with van der Waals surface area (Å²) in [5.74, 6) is 2.23. The minimum Gasteiger partial charge on any atom is -0.474 e. The summed E-state index contributed by atoms with van der Waals surface area (Å²) in [6.45, 7) is 10.7. The van der Waals surface area contributed by atoms with E-state index in [2.05, 4.69) is 37.7 Å². The second-order valence-electron chi connectivity index (χ2n) is 7.03. The zero-order chi connectivity index (χ0) is 14.9. The summed E-state index contributed by atoms with van der Waals surface area (Å²) in [7, 11) is 0. The number of nitrogens with zero attached hydrogens (tertiary/aromatic N) is 2. The van der Waals surface area contributed by atoms with Gasteiger partial charge in [0, 0.05) is 5.92 Å². The molecule has 0 radical (unpaired) electrons. The van der Waals surface area contributed by atoms with Gasteiger partial charge >= 0.3 is 0 Å². The van der Waals surface area contributed by atoms with Crippen molar-refractivity contribution in [2.45, 2.75) is 72.3 Å². The number of hydrogen-bond acceptors (Lipinski definition) is 4. The Morgan fingerprint density at radius 3 is 2.35 bits per heavy atom. The largest absolute Gasteiger partial charge is 0.474 e. The van der Waals surface area contributed by atoms with Gasteiger partial charge in [-0.1, -0.05) is 27.7 Å². The number of ether oxygens (including phenoxy) is 1. The zero-order valence-electron chi connectivity index (χ0n) is 13.4. The van der Waals surface area contributed by atoms with Crippen molar-refractivity contribution in [2.75, 3.05) is 5.73 Å². The van der Waals surface area contributed by atoms with Gasteiger partial charge in [-0.2, -0.15) is 4.98 Å². The van der Waals surface area contributed by atoms with Crippen molar-refractivity contribution in [1.29, 1.82) is 0 Å². The Kier molecular flexibility index (Phi) is 4.21. The second kappa shape index (κ2) is 5.58. The Morgan fingerprint density at radius 2 is 1.80 bits per heavy atom. The molecule has 0 amide bonds. The molecule has 1 fully saturated rings. The van der Waals surface area contributed by atoms with Gasteiger partial charge in [0.25, 0.3) is 0 Å². The van der Waals surface area contributed by atoms with E-state index in [0.717, 1.165) is 24.2 Å². The van der Waals surface area contributed by atoms with Crippen LogP contribution in [0, 0.1) is 12.3 Å². The summed E-state index contributed by atoms with van der Waals surface area (Å²) in [4.78, 5) is 8.89. The molecular formula is C16H27N3O. The summed E-state index contributed by atoms with van der Waals surface area (Å²) in [6.07, 6.45) is 4.85. The van der Waals surface area contributed by atoms with Crippen molar-refractivity contribution in [3.63, 3.8) is 0 Å². The van der Waals surface area contributed by atoms with Crippen LogP contribution in [0.1, 0.15) is 70.7 Å². The highest BCUT2D eigenvalue weighted by Crippen LogP contribution is 2.37. The Balaban J connectivity index is 2.13. The monoisotopic (exact) mass is 277 g/mol. The van der Waals surface area contributed by atoms with Crippen molar-refractivity contribution >= 4 is 5.82 Å². The molecule has 1 saturated carbocycles. The highest BCUT2D eigenvalue weighted by Gasteiger charge is 2.28. The summed E-state index contributed by atoms with van der Waals surface area (Å²) < 4.78 is 6.12.